The molecule has 110 valence electrons. The molecule has 0 radical (unpaired) electrons. The van der Waals surface area contributed by atoms with Gasteiger partial charge in [0.15, 0.2) is 0 Å². The minimum atomic E-state index is -0.698. The van der Waals surface area contributed by atoms with Crippen LogP contribution in [0.2, 0.25) is 0 Å². The molecule has 0 spiro atoms. The van der Waals surface area contributed by atoms with E-state index in [0.29, 0.717) is 13.0 Å². The molecule has 1 aromatic rings. The summed E-state index contributed by atoms with van der Waals surface area (Å²) in [5.74, 6) is 2.18. The zero-order valence-electron chi connectivity index (χ0n) is 12.0. The maximum atomic E-state index is 12.0. The van der Waals surface area contributed by atoms with Crippen molar-refractivity contribution in [3.8, 4) is 0 Å². The first-order chi connectivity index (χ1) is 9.59. The van der Waals surface area contributed by atoms with Gasteiger partial charge in [-0.05, 0) is 35.8 Å². The summed E-state index contributed by atoms with van der Waals surface area (Å²) in [5.41, 5.74) is 0.479. The van der Waals surface area contributed by atoms with E-state index in [2.05, 4.69) is 12.2 Å². The van der Waals surface area contributed by atoms with E-state index < -0.39 is 5.60 Å². The molecule has 1 aliphatic rings. The van der Waals surface area contributed by atoms with Crippen LogP contribution in [0.15, 0.2) is 30.3 Å². The molecular weight excluding hydrogens is 270 g/mol. The van der Waals surface area contributed by atoms with Crippen molar-refractivity contribution in [3.05, 3.63) is 35.9 Å². The molecule has 1 heterocycles. The van der Waals surface area contributed by atoms with Gasteiger partial charge in [-0.3, -0.25) is 4.79 Å². The zero-order chi connectivity index (χ0) is 14.4. The van der Waals surface area contributed by atoms with E-state index >= 15 is 0 Å². The third-order valence-electron chi connectivity index (χ3n) is 3.90. The zero-order valence-corrected chi connectivity index (χ0v) is 12.8. The van der Waals surface area contributed by atoms with Gasteiger partial charge in [0.05, 0.1) is 5.60 Å². The molecule has 2 rings (SSSR count). The van der Waals surface area contributed by atoms with E-state index in [1.807, 2.05) is 42.1 Å². The first-order valence-corrected chi connectivity index (χ1v) is 8.36. The first-order valence-electron chi connectivity index (χ1n) is 7.21. The Morgan fingerprint density at radius 1 is 1.35 bits per heavy atom. The highest BCUT2D eigenvalue weighted by molar-refractivity contribution is 7.99. The third kappa shape index (κ3) is 4.53. The van der Waals surface area contributed by atoms with E-state index in [1.54, 1.807) is 0 Å². The van der Waals surface area contributed by atoms with Crippen LogP contribution in [0, 0.1) is 0 Å². The topological polar surface area (TPSA) is 49.3 Å². The summed E-state index contributed by atoms with van der Waals surface area (Å²) in [4.78, 5) is 12.0. The summed E-state index contributed by atoms with van der Waals surface area (Å²) in [6.07, 6.45) is 2.01. The van der Waals surface area contributed by atoms with Crippen molar-refractivity contribution in [2.24, 2.45) is 0 Å². The Balaban J connectivity index is 1.78. The third-order valence-corrected chi connectivity index (χ3v) is 4.88. The molecule has 1 unspecified atom stereocenters. The van der Waals surface area contributed by atoms with Crippen molar-refractivity contribution in [1.29, 1.82) is 0 Å². The van der Waals surface area contributed by atoms with Gasteiger partial charge < -0.3 is 10.4 Å². The van der Waals surface area contributed by atoms with Crippen molar-refractivity contribution >= 4 is 17.7 Å². The SMILES string of the molecule is CC(CC(=O)NCC1(O)CCSCC1)c1ccccc1. The van der Waals surface area contributed by atoms with Crippen LogP contribution in [0.25, 0.3) is 0 Å². The van der Waals surface area contributed by atoms with Crippen LogP contribution < -0.4 is 5.32 Å². The Labute approximate surface area is 125 Å². The standard InChI is InChI=1S/C16H23NO2S/c1-13(14-5-3-2-4-6-14)11-15(18)17-12-16(19)7-9-20-10-8-16/h2-6,13,19H,7-12H2,1H3,(H,17,18). The van der Waals surface area contributed by atoms with Gasteiger partial charge in [0.25, 0.3) is 0 Å². The molecule has 1 aliphatic heterocycles. The van der Waals surface area contributed by atoms with Crippen LogP contribution in [0.1, 0.15) is 37.7 Å². The van der Waals surface area contributed by atoms with E-state index in [1.165, 1.54) is 5.56 Å². The van der Waals surface area contributed by atoms with Gasteiger partial charge >= 0.3 is 0 Å². The second-order valence-corrected chi connectivity index (χ2v) is 6.85. The number of hydrogen-bond acceptors (Lipinski definition) is 3. The number of hydrogen-bond donors (Lipinski definition) is 2. The van der Waals surface area contributed by atoms with Crippen LogP contribution >= 0.6 is 11.8 Å². The number of benzene rings is 1. The fraction of sp³-hybridized carbons (Fsp3) is 0.562. The van der Waals surface area contributed by atoms with E-state index in [0.717, 1.165) is 24.3 Å². The average molecular weight is 293 g/mol. The number of nitrogens with one attached hydrogen (secondary N) is 1. The van der Waals surface area contributed by atoms with Gasteiger partial charge in [-0.1, -0.05) is 37.3 Å². The van der Waals surface area contributed by atoms with Gasteiger partial charge in [-0.25, -0.2) is 0 Å². The summed E-state index contributed by atoms with van der Waals surface area (Å²) in [6.45, 7) is 2.44. The molecular formula is C16H23NO2S. The molecule has 3 nitrogen and oxygen atoms in total. The van der Waals surface area contributed by atoms with Gasteiger partial charge in [0.1, 0.15) is 0 Å². The predicted octanol–water partition coefficient (Wildman–Crippen LogP) is 2.55. The second-order valence-electron chi connectivity index (χ2n) is 5.63. The van der Waals surface area contributed by atoms with Gasteiger partial charge in [-0.2, -0.15) is 11.8 Å². The normalized spacial score (nSPS) is 19.3. The van der Waals surface area contributed by atoms with Gasteiger partial charge in [0.2, 0.25) is 5.91 Å². The first kappa shape index (κ1) is 15.4. The van der Waals surface area contributed by atoms with Crippen LogP contribution in [-0.2, 0) is 4.79 Å². The van der Waals surface area contributed by atoms with Crippen LogP contribution in [0.3, 0.4) is 0 Å². The molecule has 2 N–H and O–H groups in total. The van der Waals surface area contributed by atoms with Gasteiger partial charge in [0, 0.05) is 13.0 Å². The minimum absolute atomic E-state index is 0.0213. The molecule has 0 aromatic heterocycles. The highest BCUT2D eigenvalue weighted by Crippen LogP contribution is 2.26. The lowest BCUT2D eigenvalue weighted by Crippen LogP contribution is -2.45. The Morgan fingerprint density at radius 3 is 2.65 bits per heavy atom. The minimum Gasteiger partial charge on any atom is -0.388 e. The maximum Gasteiger partial charge on any atom is 0.220 e. The smallest absolute Gasteiger partial charge is 0.220 e. The molecule has 4 heteroatoms. The Kier molecular flexibility index (Phi) is 5.49. The summed E-state index contributed by atoms with van der Waals surface area (Å²) in [5, 5.41) is 13.2. The molecule has 1 aromatic carbocycles. The highest BCUT2D eigenvalue weighted by Gasteiger charge is 2.29. The number of rotatable bonds is 5. The molecule has 1 atom stereocenters. The van der Waals surface area contributed by atoms with E-state index in [-0.39, 0.29) is 11.8 Å². The molecule has 1 fully saturated rings. The van der Waals surface area contributed by atoms with Crippen molar-refractivity contribution in [2.75, 3.05) is 18.1 Å². The monoisotopic (exact) mass is 293 g/mol. The van der Waals surface area contributed by atoms with Crippen LogP contribution in [0.5, 0.6) is 0 Å². The average Bonchev–Trinajstić information content (AvgIpc) is 2.47. The molecule has 0 bridgehead atoms. The Morgan fingerprint density at radius 2 is 2.00 bits per heavy atom. The molecule has 0 aliphatic carbocycles. The van der Waals surface area contributed by atoms with Crippen molar-refractivity contribution in [3.63, 3.8) is 0 Å². The quantitative estimate of drug-likeness (QED) is 0.877. The molecule has 1 saturated heterocycles. The largest absolute Gasteiger partial charge is 0.388 e. The Bertz CT molecular complexity index is 429. The van der Waals surface area contributed by atoms with E-state index in [4.69, 9.17) is 0 Å². The lowest BCUT2D eigenvalue weighted by atomic mass is 9.95. The summed E-state index contributed by atoms with van der Waals surface area (Å²) >= 11 is 1.87. The fourth-order valence-electron chi connectivity index (χ4n) is 2.44. The summed E-state index contributed by atoms with van der Waals surface area (Å²) in [7, 11) is 0. The van der Waals surface area contributed by atoms with E-state index in [9.17, 15) is 9.90 Å². The summed E-state index contributed by atoms with van der Waals surface area (Å²) < 4.78 is 0. The number of thioether (sulfide) groups is 1. The van der Waals surface area contributed by atoms with Crippen molar-refractivity contribution in [1.82, 2.24) is 5.32 Å². The molecule has 0 saturated carbocycles. The predicted molar refractivity (Wildman–Crippen MR) is 84.0 cm³/mol. The molecule has 1 amide bonds. The van der Waals surface area contributed by atoms with Crippen molar-refractivity contribution in [2.45, 2.75) is 37.7 Å². The number of carbonyl (C=O) groups excluding carboxylic acids is 1. The lowest BCUT2D eigenvalue weighted by Gasteiger charge is -2.31. The Hall–Kier alpha value is -1.00. The van der Waals surface area contributed by atoms with Gasteiger partial charge in [-0.15, -0.1) is 0 Å². The van der Waals surface area contributed by atoms with Crippen LogP contribution in [0.4, 0.5) is 0 Å². The summed E-state index contributed by atoms with van der Waals surface area (Å²) in [6, 6.07) is 10.1. The van der Waals surface area contributed by atoms with Crippen molar-refractivity contribution < 1.29 is 9.90 Å². The number of amides is 1. The van der Waals surface area contributed by atoms with Crippen LogP contribution in [-0.4, -0.2) is 34.7 Å². The lowest BCUT2D eigenvalue weighted by molar-refractivity contribution is -0.122. The highest BCUT2D eigenvalue weighted by atomic mass is 32.2. The fourth-order valence-corrected chi connectivity index (χ4v) is 3.69. The number of aliphatic hydroxyl groups is 1. The molecule has 20 heavy (non-hydrogen) atoms. The number of carbonyl (C=O) groups is 1. The second kappa shape index (κ2) is 7.14. The maximum absolute atomic E-state index is 12.0.